The molecule has 0 saturated heterocycles. The fourth-order valence-electron chi connectivity index (χ4n) is 3.32. The number of thioether (sulfide) groups is 1. The van der Waals surface area contributed by atoms with Gasteiger partial charge in [-0.2, -0.15) is 0 Å². The van der Waals surface area contributed by atoms with Crippen molar-refractivity contribution in [3.63, 3.8) is 0 Å². The van der Waals surface area contributed by atoms with Crippen LogP contribution in [0.3, 0.4) is 0 Å². The van der Waals surface area contributed by atoms with Crippen LogP contribution in [0.25, 0.3) is 10.9 Å². The average Bonchev–Trinajstić information content (AvgIpc) is 3.32. The van der Waals surface area contributed by atoms with E-state index in [0.29, 0.717) is 29.1 Å². The molecule has 0 unspecified atom stereocenters. The Morgan fingerprint density at radius 1 is 1.03 bits per heavy atom. The molecule has 31 heavy (non-hydrogen) atoms. The smallest absolute Gasteiger partial charge is 0.262 e. The fraction of sp³-hybridized carbons (Fsp3) is 0.208. The number of aromatic nitrogens is 2. The predicted molar refractivity (Wildman–Crippen MR) is 128 cm³/mol. The number of amides is 1. The van der Waals surface area contributed by atoms with Gasteiger partial charge in [0.25, 0.3) is 5.56 Å². The highest BCUT2D eigenvalue weighted by atomic mass is 32.2. The molecule has 0 radical (unpaired) electrons. The second-order valence-corrected chi connectivity index (χ2v) is 9.08. The van der Waals surface area contributed by atoms with Gasteiger partial charge in [-0.15, -0.1) is 11.3 Å². The van der Waals surface area contributed by atoms with Crippen molar-refractivity contribution in [3.8, 4) is 0 Å². The minimum Gasteiger partial charge on any atom is -0.350 e. The van der Waals surface area contributed by atoms with E-state index in [2.05, 4.69) is 17.4 Å². The molecular weight excluding hydrogens is 426 g/mol. The third-order valence-corrected chi connectivity index (χ3v) is 6.74. The van der Waals surface area contributed by atoms with E-state index in [1.807, 2.05) is 53.9 Å². The Balaban J connectivity index is 1.48. The summed E-state index contributed by atoms with van der Waals surface area (Å²) in [7, 11) is 0. The van der Waals surface area contributed by atoms with Crippen molar-refractivity contribution in [2.75, 3.05) is 5.75 Å². The van der Waals surface area contributed by atoms with Gasteiger partial charge in [0.05, 0.1) is 23.2 Å². The quantitative estimate of drug-likeness (QED) is 0.302. The van der Waals surface area contributed by atoms with Gasteiger partial charge in [-0.3, -0.25) is 14.2 Å². The maximum absolute atomic E-state index is 13.1. The van der Waals surface area contributed by atoms with Gasteiger partial charge in [-0.1, -0.05) is 60.3 Å². The maximum Gasteiger partial charge on any atom is 0.262 e. The topological polar surface area (TPSA) is 64.0 Å². The highest BCUT2D eigenvalue weighted by Crippen LogP contribution is 2.19. The van der Waals surface area contributed by atoms with E-state index in [9.17, 15) is 9.59 Å². The van der Waals surface area contributed by atoms with Crippen LogP contribution in [-0.2, 0) is 24.3 Å². The van der Waals surface area contributed by atoms with Crippen molar-refractivity contribution in [2.24, 2.45) is 0 Å². The summed E-state index contributed by atoms with van der Waals surface area (Å²) in [6.07, 6.45) is 1.70. The van der Waals surface area contributed by atoms with Crippen LogP contribution in [0.1, 0.15) is 16.9 Å². The molecule has 158 valence electrons. The molecule has 4 rings (SSSR count). The van der Waals surface area contributed by atoms with Gasteiger partial charge in [0.1, 0.15) is 0 Å². The molecule has 0 aliphatic carbocycles. The van der Waals surface area contributed by atoms with E-state index < -0.39 is 0 Å². The standard InChI is InChI=1S/C24H23N3O2S2/c28-22(25-16-19-11-7-15-30-19)17-31-24-26-21-13-5-4-12-20(21)23(29)27(24)14-6-10-18-8-2-1-3-9-18/h1-5,7-9,11-13,15H,6,10,14,16-17H2,(H,25,28). The molecule has 1 N–H and O–H groups in total. The van der Waals surface area contributed by atoms with Crippen LogP contribution in [0.5, 0.6) is 0 Å². The van der Waals surface area contributed by atoms with E-state index >= 15 is 0 Å². The maximum atomic E-state index is 13.1. The van der Waals surface area contributed by atoms with Crippen molar-refractivity contribution < 1.29 is 4.79 Å². The Kier molecular flexibility index (Phi) is 7.17. The molecule has 4 aromatic rings. The van der Waals surface area contributed by atoms with Gasteiger partial charge in [0, 0.05) is 11.4 Å². The Bertz CT molecular complexity index is 1200. The van der Waals surface area contributed by atoms with Crippen LogP contribution in [-0.4, -0.2) is 21.2 Å². The van der Waals surface area contributed by atoms with Crippen LogP contribution in [0.15, 0.2) is 82.1 Å². The number of thiophene rings is 1. The molecule has 0 spiro atoms. The van der Waals surface area contributed by atoms with Gasteiger partial charge in [-0.25, -0.2) is 4.98 Å². The molecule has 2 heterocycles. The number of nitrogens with zero attached hydrogens (tertiary/aromatic N) is 2. The lowest BCUT2D eigenvalue weighted by Gasteiger charge is -2.13. The lowest BCUT2D eigenvalue weighted by molar-refractivity contribution is -0.118. The van der Waals surface area contributed by atoms with E-state index in [4.69, 9.17) is 4.98 Å². The minimum absolute atomic E-state index is 0.0554. The Hall–Kier alpha value is -2.90. The highest BCUT2D eigenvalue weighted by molar-refractivity contribution is 7.99. The largest absolute Gasteiger partial charge is 0.350 e. The molecular formula is C24H23N3O2S2. The number of fused-ring (bicyclic) bond motifs is 1. The highest BCUT2D eigenvalue weighted by Gasteiger charge is 2.13. The van der Waals surface area contributed by atoms with Gasteiger partial charge < -0.3 is 5.32 Å². The number of carbonyl (C=O) groups excluding carboxylic acids is 1. The molecule has 0 fully saturated rings. The third kappa shape index (κ3) is 5.62. The molecule has 1 amide bonds. The summed E-state index contributed by atoms with van der Waals surface area (Å²) >= 11 is 2.92. The van der Waals surface area contributed by atoms with Gasteiger partial charge in [0.2, 0.25) is 5.91 Å². The zero-order chi connectivity index (χ0) is 21.5. The first-order valence-electron chi connectivity index (χ1n) is 10.2. The van der Waals surface area contributed by atoms with Crippen LogP contribution in [0.2, 0.25) is 0 Å². The van der Waals surface area contributed by atoms with Crippen molar-refractivity contribution in [3.05, 3.63) is 92.9 Å². The average molecular weight is 450 g/mol. The SMILES string of the molecule is O=C(CSc1nc2ccccc2c(=O)n1CCCc1ccccc1)NCc1cccs1. The molecule has 2 aromatic heterocycles. The number of hydrogen-bond acceptors (Lipinski definition) is 5. The third-order valence-electron chi connectivity index (χ3n) is 4.89. The first kappa shape index (κ1) is 21.3. The number of nitrogens with one attached hydrogen (secondary N) is 1. The van der Waals surface area contributed by atoms with Gasteiger partial charge in [-0.05, 0) is 42.0 Å². The second-order valence-electron chi connectivity index (χ2n) is 7.10. The van der Waals surface area contributed by atoms with Crippen molar-refractivity contribution in [1.82, 2.24) is 14.9 Å². The van der Waals surface area contributed by atoms with E-state index in [0.717, 1.165) is 17.7 Å². The number of hydrogen-bond donors (Lipinski definition) is 1. The minimum atomic E-state index is -0.0726. The van der Waals surface area contributed by atoms with Gasteiger partial charge >= 0.3 is 0 Å². The first-order chi connectivity index (χ1) is 15.2. The Morgan fingerprint density at radius 3 is 2.65 bits per heavy atom. The van der Waals surface area contributed by atoms with E-state index in [1.165, 1.54) is 17.3 Å². The van der Waals surface area contributed by atoms with Crippen LogP contribution < -0.4 is 10.9 Å². The summed E-state index contributed by atoms with van der Waals surface area (Å²) in [5.74, 6) is 0.145. The monoisotopic (exact) mass is 449 g/mol. The van der Waals surface area contributed by atoms with Crippen LogP contribution in [0.4, 0.5) is 0 Å². The molecule has 0 saturated carbocycles. The number of carbonyl (C=O) groups is 1. The summed E-state index contributed by atoms with van der Waals surface area (Å²) in [5.41, 5.74) is 1.85. The number of rotatable bonds is 9. The summed E-state index contributed by atoms with van der Waals surface area (Å²) in [5, 5.41) is 6.11. The van der Waals surface area contributed by atoms with E-state index in [-0.39, 0.29) is 17.2 Å². The number of para-hydroxylation sites is 1. The van der Waals surface area contributed by atoms with Crippen molar-refractivity contribution in [1.29, 1.82) is 0 Å². The number of aryl methyl sites for hydroxylation is 1. The molecule has 5 nitrogen and oxygen atoms in total. The summed E-state index contributed by atoms with van der Waals surface area (Å²) in [4.78, 5) is 31.3. The Labute approximate surface area is 189 Å². The summed E-state index contributed by atoms with van der Waals surface area (Å²) < 4.78 is 1.71. The first-order valence-corrected chi connectivity index (χ1v) is 12.0. The molecule has 7 heteroatoms. The predicted octanol–water partition coefficient (Wildman–Crippen LogP) is 4.50. The summed E-state index contributed by atoms with van der Waals surface area (Å²) in [6, 6.07) is 21.6. The van der Waals surface area contributed by atoms with Crippen LogP contribution >= 0.6 is 23.1 Å². The van der Waals surface area contributed by atoms with Gasteiger partial charge in [0.15, 0.2) is 5.16 Å². The zero-order valence-electron chi connectivity index (χ0n) is 17.0. The normalized spacial score (nSPS) is 11.0. The summed E-state index contributed by atoms with van der Waals surface area (Å²) in [6.45, 7) is 1.08. The molecule has 0 aliphatic rings. The van der Waals surface area contributed by atoms with Crippen molar-refractivity contribution in [2.45, 2.75) is 31.1 Å². The molecule has 0 aliphatic heterocycles. The number of benzene rings is 2. The zero-order valence-corrected chi connectivity index (χ0v) is 18.6. The van der Waals surface area contributed by atoms with Crippen LogP contribution in [0, 0.1) is 0 Å². The molecule has 2 aromatic carbocycles. The van der Waals surface area contributed by atoms with Crippen molar-refractivity contribution >= 4 is 39.9 Å². The fourth-order valence-corrected chi connectivity index (χ4v) is 4.82. The lowest BCUT2D eigenvalue weighted by atomic mass is 10.1. The van der Waals surface area contributed by atoms with E-state index in [1.54, 1.807) is 22.0 Å². The second kappa shape index (κ2) is 10.4. The molecule has 0 atom stereocenters. The Morgan fingerprint density at radius 2 is 1.84 bits per heavy atom. The lowest BCUT2D eigenvalue weighted by Crippen LogP contribution is -2.26. The molecule has 0 bridgehead atoms.